The Morgan fingerprint density at radius 1 is 1.12 bits per heavy atom. The molecule has 0 bridgehead atoms. The molecule has 8 heavy (non-hydrogen) atoms. The van der Waals surface area contributed by atoms with Gasteiger partial charge in [-0.2, -0.15) is 4.18 Å². The Bertz CT molecular complexity index is 59.5. The lowest BCUT2D eigenvalue weighted by Crippen LogP contribution is -2.18. The maximum atomic E-state index is 5.22. The van der Waals surface area contributed by atoms with Gasteiger partial charge < -0.3 is 0 Å². The van der Waals surface area contributed by atoms with Crippen molar-refractivity contribution in [3.63, 3.8) is 0 Å². The van der Waals surface area contributed by atoms with E-state index >= 15 is 0 Å². The highest BCUT2D eigenvalue weighted by molar-refractivity contribution is 7.92. The summed E-state index contributed by atoms with van der Waals surface area (Å²) < 4.78 is 5.22. The van der Waals surface area contributed by atoms with Crippen LogP contribution >= 0.6 is 0 Å². The predicted octanol–water partition coefficient (Wildman–Crippen LogP) is 1.35. The van der Waals surface area contributed by atoms with E-state index in [-0.39, 0.29) is 0 Å². The first kappa shape index (κ1) is 6.43. The highest BCUT2D eigenvalue weighted by atomic mass is 32.2. The molecule has 0 aliphatic carbocycles. The summed E-state index contributed by atoms with van der Waals surface area (Å²) in [5.74, 6) is 2.63. The molecule has 1 fully saturated rings. The van der Waals surface area contributed by atoms with Gasteiger partial charge in [0, 0.05) is 0 Å². The third-order valence-electron chi connectivity index (χ3n) is 1.48. The van der Waals surface area contributed by atoms with Crippen molar-refractivity contribution in [1.82, 2.24) is 0 Å². The van der Waals surface area contributed by atoms with Crippen LogP contribution in [0, 0.1) is 0 Å². The summed E-state index contributed by atoms with van der Waals surface area (Å²) in [6, 6.07) is 0. The van der Waals surface area contributed by atoms with Gasteiger partial charge in [0.1, 0.15) is 22.7 Å². The fourth-order valence-corrected chi connectivity index (χ4v) is 2.56. The van der Waals surface area contributed by atoms with Gasteiger partial charge in [-0.25, -0.2) is 0 Å². The maximum absolute atomic E-state index is 5.22. The van der Waals surface area contributed by atoms with Crippen LogP contribution in [-0.4, -0.2) is 18.6 Å². The van der Waals surface area contributed by atoms with Crippen LogP contribution in [0.2, 0.25) is 0 Å². The van der Waals surface area contributed by atoms with Crippen molar-refractivity contribution >= 4 is 11.2 Å². The lowest BCUT2D eigenvalue weighted by molar-refractivity contribution is 0.464. The molecule has 0 atom stereocenters. The van der Waals surface area contributed by atoms with Crippen molar-refractivity contribution in [2.24, 2.45) is 0 Å². The lowest BCUT2D eigenvalue weighted by atomic mass is 10.3. The third-order valence-corrected chi connectivity index (χ3v) is 3.44. The Morgan fingerprint density at radius 2 is 1.75 bits per heavy atom. The molecule has 1 aliphatic heterocycles. The fraction of sp³-hybridized carbons (Fsp3) is 1.00. The Balaban J connectivity index is 2.13. The van der Waals surface area contributed by atoms with Crippen LogP contribution in [0.4, 0.5) is 0 Å². The van der Waals surface area contributed by atoms with Gasteiger partial charge >= 0.3 is 0 Å². The van der Waals surface area contributed by atoms with Crippen molar-refractivity contribution in [3.8, 4) is 0 Å². The summed E-state index contributed by atoms with van der Waals surface area (Å²) in [7, 11) is 1.83. The SMILES string of the molecule is CO[S+]1CCCCC1. The molecule has 2 heteroatoms. The van der Waals surface area contributed by atoms with E-state index in [4.69, 9.17) is 4.18 Å². The number of hydrogen-bond acceptors (Lipinski definition) is 1. The van der Waals surface area contributed by atoms with Crippen molar-refractivity contribution < 1.29 is 4.18 Å². The molecule has 0 radical (unpaired) electrons. The van der Waals surface area contributed by atoms with E-state index in [1.165, 1.54) is 30.8 Å². The molecule has 0 aromatic rings. The molecule has 0 spiro atoms. The van der Waals surface area contributed by atoms with Crippen LogP contribution in [0.15, 0.2) is 0 Å². The van der Waals surface area contributed by atoms with Gasteiger partial charge in [0.25, 0.3) is 0 Å². The topological polar surface area (TPSA) is 9.23 Å². The maximum Gasteiger partial charge on any atom is 0.146 e. The molecule has 0 amide bonds. The van der Waals surface area contributed by atoms with Crippen molar-refractivity contribution in [2.75, 3.05) is 18.6 Å². The zero-order valence-electron chi connectivity index (χ0n) is 5.35. The fourth-order valence-electron chi connectivity index (χ4n) is 0.972. The van der Waals surface area contributed by atoms with Crippen LogP contribution in [0.3, 0.4) is 0 Å². The van der Waals surface area contributed by atoms with Crippen LogP contribution in [0.5, 0.6) is 0 Å². The van der Waals surface area contributed by atoms with E-state index in [2.05, 4.69) is 0 Å². The van der Waals surface area contributed by atoms with E-state index in [1.807, 2.05) is 7.11 Å². The van der Waals surface area contributed by atoms with Crippen molar-refractivity contribution in [2.45, 2.75) is 19.3 Å². The molecule has 48 valence electrons. The monoisotopic (exact) mass is 133 g/mol. The van der Waals surface area contributed by atoms with E-state index in [9.17, 15) is 0 Å². The van der Waals surface area contributed by atoms with Gasteiger partial charge in [-0.1, -0.05) is 0 Å². The molecule has 1 nitrogen and oxygen atoms in total. The number of rotatable bonds is 1. The second-order valence-electron chi connectivity index (χ2n) is 2.08. The normalized spacial score (nSPS) is 23.6. The predicted molar refractivity (Wildman–Crippen MR) is 38.0 cm³/mol. The second kappa shape index (κ2) is 3.36. The molecule has 0 unspecified atom stereocenters. The zero-order valence-corrected chi connectivity index (χ0v) is 6.17. The molecule has 1 aliphatic rings. The second-order valence-corrected chi connectivity index (χ2v) is 4.10. The summed E-state index contributed by atoms with van der Waals surface area (Å²) in [5.41, 5.74) is 0. The Hall–Kier alpha value is 0.310. The minimum atomic E-state index is 0.348. The van der Waals surface area contributed by atoms with E-state index < -0.39 is 0 Å². The third kappa shape index (κ3) is 1.67. The van der Waals surface area contributed by atoms with Gasteiger partial charge in [-0.3, -0.25) is 0 Å². The molecular weight excluding hydrogens is 120 g/mol. The van der Waals surface area contributed by atoms with Gasteiger partial charge in [0.05, 0.1) is 7.11 Å². The van der Waals surface area contributed by atoms with Crippen LogP contribution in [0.25, 0.3) is 0 Å². The smallest absolute Gasteiger partial charge is 0.146 e. The van der Waals surface area contributed by atoms with Gasteiger partial charge in [0.15, 0.2) is 0 Å². The standard InChI is InChI=1S/C6H13OS/c1-7-8-5-3-2-4-6-8/h2-6H2,1H3/q+1. The average molecular weight is 133 g/mol. The molecule has 0 aromatic carbocycles. The Labute approximate surface area is 54.0 Å². The van der Waals surface area contributed by atoms with Crippen molar-refractivity contribution in [1.29, 1.82) is 0 Å². The molecule has 1 saturated heterocycles. The first-order valence-electron chi connectivity index (χ1n) is 3.15. The van der Waals surface area contributed by atoms with Crippen LogP contribution in [-0.2, 0) is 15.4 Å². The summed E-state index contributed by atoms with van der Waals surface area (Å²) >= 11 is 0.348. The van der Waals surface area contributed by atoms with E-state index in [1.54, 1.807) is 0 Å². The molecule has 1 heterocycles. The Morgan fingerprint density at radius 3 is 2.12 bits per heavy atom. The van der Waals surface area contributed by atoms with E-state index in [0.717, 1.165) is 0 Å². The molecule has 0 aromatic heterocycles. The van der Waals surface area contributed by atoms with Gasteiger partial charge in [0.2, 0.25) is 0 Å². The molecule has 1 rings (SSSR count). The highest BCUT2D eigenvalue weighted by Gasteiger charge is 2.21. The van der Waals surface area contributed by atoms with Crippen LogP contribution in [0.1, 0.15) is 19.3 Å². The Kier molecular flexibility index (Phi) is 2.70. The van der Waals surface area contributed by atoms with E-state index in [0.29, 0.717) is 11.2 Å². The van der Waals surface area contributed by atoms with Crippen molar-refractivity contribution in [3.05, 3.63) is 0 Å². The zero-order chi connectivity index (χ0) is 5.82. The lowest BCUT2D eigenvalue weighted by Gasteiger charge is -2.08. The van der Waals surface area contributed by atoms with Gasteiger partial charge in [-0.15, -0.1) is 0 Å². The van der Waals surface area contributed by atoms with Crippen LogP contribution < -0.4 is 0 Å². The minimum absolute atomic E-state index is 0.348. The summed E-state index contributed by atoms with van der Waals surface area (Å²) in [4.78, 5) is 0. The number of hydrogen-bond donors (Lipinski definition) is 0. The quantitative estimate of drug-likeness (QED) is 0.491. The first-order chi connectivity index (χ1) is 3.93. The average Bonchev–Trinajstić information content (AvgIpc) is 1.90. The largest absolute Gasteiger partial charge is 0.177 e. The molecular formula is C6H13OS+. The molecule has 0 N–H and O–H groups in total. The first-order valence-corrected chi connectivity index (χ1v) is 4.64. The van der Waals surface area contributed by atoms with Gasteiger partial charge in [-0.05, 0) is 19.3 Å². The highest BCUT2D eigenvalue weighted by Crippen LogP contribution is 2.12. The minimum Gasteiger partial charge on any atom is -0.177 e. The summed E-state index contributed by atoms with van der Waals surface area (Å²) in [6.45, 7) is 0. The summed E-state index contributed by atoms with van der Waals surface area (Å²) in [6.07, 6.45) is 4.20. The molecule has 0 saturated carbocycles. The summed E-state index contributed by atoms with van der Waals surface area (Å²) in [5, 5.41) is 0.